The van der Waals surface area contributed by atoms with Crippen molar-refractivity contribution in [1.29, 1.82) is 0 Å². The van der Waals surface area contributed by atoms with E-state index >= 15 is 0 Å². The third-order valence-electron chi connectivity index (χ3n) is 3.99. The quantitative estimate of drug-likeness (QED) is 0.851. The lowest BCUT2D eigenvalue weighted by Gasteiger charge is -2.21. The molecule has 0 aliphatic carbocycles. The van der Waals surface area contributed by atoms with Crippen molar-refractivity contribution in [3.8, 4) is 0 Å². The van der Waals surface area contributed by atoms with Gasteiger partial charge < -0.3 is 4.90 Å². The second-order valence-electron chi connectivity index (χ2n) is 5.79. The molecule has 122 valence electrons. The van der Waals surface area contributed by atoms with E-state index in [2.05, 4.69) is 16.0 Å². The lowest BCUT2D eigenvalue weighted by molar-refractivity contribution is 0.0755. The molecule has 1 aliphatic rings. The summed E-state index contributed by atoms with van der Waals surface area (Å²) < 4.78 is 0.831. The molecule has 0 unspecified atom stereocenters. The van der Waals surface area contributed by atoms with Crippen LogP contribution in [0, 0.1) is 6.92 Å². The van der Waals surface area contributed by atoms with Gasteiger partial charge in [-0.25, -0.2) is 4.98 Å². The topological polar surface area (TPSA) is 36.4 Å². The number of carbonyl (C=O) groups excluding carboxylic acids is 1. The summed E-state index contributed by atoms with van der Waals surface area (Å²) in [5.74, 6) is 0.0368. The zero-order valence-corrected chi connectivity index (χ0v) is 14.7. The Hall–Kier alpha value is -1.43. The molecule has 0 radical (unpaired) electrons. The molecule has 0 N–H and O–H groups in total. The molecular formula is C17H20ClN3OS. The van der Waals surface area contributed by atoms with Crippen LogP contribution in [0.3, 0.4) is 0 Å². The molecule has 0 atom stereocenters. The Kier molecular flexibility index (Phi) is 5.30. The molecule has 0 spiro atoms. The van der Waals surface area contributed by atoms with Crippen LogP contribution in [0.5, 0.6) is 0 Å². The molecule has 3 heterocycles. The molecule has 1 amide bonds. The van der Waals surface area contributed by atoms with Gasteiger partial charge in [-0.05, 0) is 37.6 Å². The van der Waals surface area contributed by atoms with Gasteiger partial charge in [0.15, 0.2) is 0 Å². The van der Waals surface area contributed by atoms with Crippen molar-refractivity contribution in [2.24, 2.45) is 0 Å². The van der Waals surface area contributed by atoms with Crippen LogP contribution in [0.1, 0.15) is 27.5 Å². The van der Waals surface area contributed by atoms with Gasteiger partial charge in [-0.3, -0.25) is 9.69 Å². The van der Waals surface area contributed by atoms with Crippen molar-refractivity contribution in [2.75, 3.05) is 26.2 Å². The third-order valence-corrected chi connectivity index (χ3v) is 5.21. The highest BCUT2D eigenvalue weighted by atomic mass is 35.5. The van der Waals surface area contributed by atoms with Gasteiger partial charge in [-0.1, -0.05) is 17.7 Å². The van der Waals surface area contributed by atoms with Crippen LogP contribution in [0.4, 0.5) is 0 Å². The van der Waals surface area contributed by atoms with Crippen LogP contribution < -0.4 is 0 Å². The summed E-state index contributed by atoms with van der Waals surface area (Å²) >= 11 is 7.62. The first-order valence-corrected chi connectivity index (χ1v) is 9.01. The Balaban J connectivity index is 1.60. The lowest BCUT2D eigenvalue weighted by atomic mass is 10.2. The number of hydrogen-bond donors (Lipinski definition) is 0. The number of hydrogen-bond acceptors (Lipinski definition) is 4. The Bertz CT molecular complexity index is 688. The van der Waals surface area contributed by atoms with E-state index in [0.717, 1.165) is 49.2 Å². The number of amides is 1. The van der Waals surface area contributed by atoms with E-state index < -0.39 is 0 Å². The Labute approximate surface area is 145 Å². The largest absolute Gasteiger partial charge is 0.336 e. The van der Waals surface area contributed by atoms with Gasteiger partial charge in [-0.2, -0.15) is 0 Å². The van der Waals surface area contributed by atoms with Crippen molar-refractivity contribution in [3.63, 3.8) is 0 Å². The first kappa shape index (κ1) is 16.4. The summed E-state index contributed by atoms with van der Waals surface area (Å²) in [6.07, 6.45) is 0.983. The number of aromatic nitrogens is 1. The summed E-state index contributed by atoms with van der Waals surface area (Å²) in [7, 11) is 0. The molecule has 3 rings (SSSR count). The molecule has 4 nitrogen and oxygen atoms in total. The highest BCUT2D eigenvalue weighted by molar-refractivity contribution is 7.16. The highest BCUT2D eigenvalue weighted by Crippen LogP contribution is 2.23. The highest BCUT2D eigenvalue weighted by Gasteiger charge is 2.21. The van der Waals surface area contributed by atoms with Gasteiger partial charge >= 0.3 is 0 Å². The van der Waals surface area contributed by atoms with Crippen molar-refractivity contribution in [1.82, 2.24) is 14.8 Å². The Morgan fingerprint density at radius 3 is 2.83 bits per heavy atom. The van der Waals surface area contributed by atoms with Crippen LogP contribution in [-0.4, -0.2) is 46.9 Å². The minimum absolute atomic E-state index is 0.0368. The van der Waals surface area contributed by atoms with Crippen LogP contribution in [-0.2, 0) is 6.54 Å². The van der Waals surface area contributed by atoms with E-state index in [-0.39, 0.29) is 5.91 Å². The van der Waals surface area contributed by atoms with E-state index in [1.54, 1.807) is 17.4 Å². The maximum absolute atomic E-state index is 12.6. The van der Waals surface area contributed by atoms with E-state index in [0.29, 0.717) is 5.69 Å². The normalized spacial score (nSPS) is 16.3. The summed E-state index contributed by atoms with van der Waals surface area (Å²) in [6, 6.07) is 9.62. The fraction of sp³-hybridized carbons (Fsp3) is 0.412. The average Bonchev–Trinajstić information content (AvgIpc) is 2.80. The van der Waals surface area contributed by atoms with Crippen LogP contribution in [0.15, 0.2) is 30.3 Å². The minimum Gasteiger partial charge on any atom is -0.336 e. The van der Waals surface area contributed by atoms with Crippen molar-refractivity contribution < 1.29 is 4.79 Å². The molecule has 2 aromatic rings. The number of halogens is 1. The third kappa shape index (κ3) is 4.31. The number of thiophene rings is 1. The van der Waals surface area contributed by atoms with Crippen molar-refractivity contribution >= 4 is 28.8 Å². The fourth-order valence-corrected chi connectivity index (χ4v) is 3.94. The molecular weight excluding hydrogens is 330 g/mol. The zero-order valence-electron chi connectivity index (χ0n) is 13.2. The lowest BCUT2D eigenvalue weighted by Crippen LogP contribution is -2.35. The van der Waals surface area contributed by atoms with Gasteiger partial charge in [0.25, 0.3) is 5.91 Å². The van der Waals surface area contributed by atoms with E-state index in [1.165, 1.54) is 4.88 Å². The maximum Gasteiger partial charge on any atom is 0.272 e. The molecule has 1 fully saturated rings. The fourth-order valence-electron chi connectivity index (χ4n) is 2.81. The number of aryl methyl sites for hydroxylation is 1. The van der Waals surface area contributed by atoms with Crippen LogP contribution >= 0.6 is 22.9 Å². The summed E-state index contributed by atoms with van der Waals surface area (Å²) in [6.45, 7) is 6.23. The number of rotatable bonds is 3. The Morgan fingerprint density at radius 2 is 2.09 bits per heavy atom. The number of nitrogens with zero attached hydrogens (tertiary/aromatic N) is 3. The summed E-state index contributed by atoms with van der Waals surface area (Å²) in [5.41, 5.74) is 1.42. The molecule has 6 heteroatoms. The van der Waals surface area contributed by atoms with Crippen LogP contribution in [0.25, 0.3) is 0 Å². The first-order chi connectivity index (χ1) is 11.1. The van der Waals surface area contributed by atoms with E-state index in [4.69, 9.17) is 11.6 Å². The predicted molar refractivity (Wildman–Crippen MR) is 94.1 cm³/mol. The molecule has 2 aromatic heterocycles. The molecule has 0 aromatic carbocycles. The zero-order chi connectivity index (χ0) is 16.2. The van der Waals surface area contributed by atoms with Gasteiger partial charge in [0.2, 0.25) is 0 Å². The van der Waals surface area contributed by atoms with Crippen LogP contribution in [0.2, 0.25) is 4.34 Å². The van der Waals surface area contributed by atoms with E-state index in [1.807, 2.05) is 30.0 Å². The first-order valence-electron chi connectivity index (χ1n) is 7.81. The molecule has 23 heavy (non-hydrogen) atoms. The predicted octanol–water partition coefficient (Wildman–Crippen LogP) is 3.45. The van der Waals surface area contributed by atoms with Gasteiger partial charge in [0.05, 0.1) is 4.34 Å². The summed E-state index contributed by atoms with van der Waals surface area (Å²) in [5, 5.41) is 0. The second kappa shape index (κ2) is 7.43. The average molecular weight is 350 g/mol. The SMILES string of the molecule is Cc1cccc(C(=O)N2CCCN(Cc3ccc(Cl)s3)CC2)n1. The van der Waals surface area contributed by atoms with Gasteiger partial charge in [0.1, 0.15) is 5.69 Å². The van der Waals surface area contributed by atoms with Gasteiger partial charge in [-0.15, -0.1) is 11.3 Å². The molecule has 1 aliphatic heterocycles. The molecule has 0 bridgehead atoms. The number of pyridine rings is 1. The van der Waals surface area contributed by atoms with Gasteiger partial charge in [0, 0.05) is 43.3 Å². The van der Waals surface area contributed by atoms with E-state index in [9.17, 15) is 4.79 Å². The maximum atomic E-state index is 12.6. The monoisotopic (exact) mass is 349 g/mol. The summed E-state index contributed by atoms with van der Waals surface area (Å²) in [4.78, 5) is 22.5. The molecule has 1 saturated heterocycles. The molecule has 0 saturated carbocycles. The van der Waals surface area contributed by atoms with Crippen molar-refractivity contribution in [2.45, 2.75) is 19.9 Å². The number of carbonyl (C=O) groups is 1. The standard InChI is InChI=1S/C17H20ClN3OS/c1-13-4-2-5-15(19-13)17(22)21-9-3-8-20(10-11-21)12-14-6-7-16(18)23-14/h2,4-7H,3,8-12H2,1H3. The minimum atomic E-state index is 0.0368. The Morgan fingerprint density at radius 1 is 1.22 bits per heavy atom. The smallest absolute Gasteiger partial charge is 0.272 e. The van der Waals surface area contributed by atoms with Crippen molar-refractivity contribution in [3.05, 3.63) is 50.9 Å². The second-order valence-corrected chi connectivity index (χ2v) is 7.59.